The molecule has 5 rings (SSSR count). The van der Waals surface area contributed by atoms with Crippen molar-refractivity contribution in [3.05, 3.63) is 51.9 Å². The molecule has 1 aromatic carbocycles. The lowest BCUT2D eigenvalue weighted by atomic mass is 9.94. The van der Waals surface area contributed by atoms with Crippen molar-refractivity contribution in [2.45, 2.75) is 76.4 Å². The lowest BCUT2D eigenvalue weighted by Gasteiger charge is -2.39. The molecule has 0 radical (unpaired) electrons. The number of imidazole rings is 1. The third-order valence-corrected chi connectivity index (χ3v) is 8.61. The van der Waals surface area contributed by atoms with Gasteiger partial charge in [0.15, 0.2) is 29.8 Å². The van der Waals surface area contributed by atoms with Crippen LogP contribution >= 0.6 is 11.6 Å². The van der Waals surface area contributed by atoms with Gasteiger partial charge in [0.1, 0.15) is 35.9 Å². The second kappa shape index (κ2) is 15.4. The topological polar surface area (TPSA) is 231 Å². The summed E-state index contributed by atoms with van der Waals surface area (Å²) in [7, 11) is 3.15. The first kappa shape index (κ1) is 36.5. The van der Waals surface area contributed by atoms with Gasteiger partial charge in [-0.3, -0.25) is 19.0 Å². The van der Waals surface area contributed by atoms with E-state index in [0.29, 0.717) is 47.1 Å². The molecule has 0 aliphatic carbocycles. The summed E-state index contributed by atoms with van der Waals surface area (Å²) in [4.78, 5) is 55.8. The van der Waals surface area contributed by atoms with Gasteiger partial charge in [0.05, 0.1) is 18.4 Å². The molecule has 2 aromatic heterocycles. The van der Waals surface area contributed by atoms with Gasteiger partial charge in [-0.25, -0.2) is 15.0 Å². The molecule has 50 heavy (non-hydrogen) atoms. The smallest absolute Gasteiger partial charge is 0.309 e. The van der Waals surface area contributed by atoms with Gasteiger partial charge in [-0.15, -0.1) is 0 Å². The standard InChI is InChI=1S/C31H40ClN11O7/c1-31(2,3)50-30(47)16-8-9-42(20(11-16)34-4)21(44)13-48-19-7-6-18(32)10-17(19)12-36-26-23-27(38-14-37-26)43(15-39-23)29-24(45)22(40-41-33)25(49-29)28(46)35-5/h6-7,10,14-16,20,22,24-25,29,34,45H,8-9,11-13H2,1-5H3,(H,35,46)(H,36,37,38)/t16?,20?,22-,24+,25-,29+/m0/s1. The van der Waals surface area contributed by atoms with Crippen LogP contribution in [-0.2, 0) is 30.4 Å². The number of ether oxygens (including phenoxy) is 3. The molecule has 18 nitrogen and oxygen atoms in total. The first-order chi connectivity index (χ1) is 23.8. The van der Waals surface area contributed by atoms with E-state index in [1.54, 1.807) is 30.1 Å². The molecule has 4 heterocycles. The molecule has 2 saturated heterocycles. The quantitative estimate of drug-likeness (QED) is 0.0971. The molecule has 268 valence electrons. The number of hydrogen-bond donors (Lipinski definition) is 4. The largest absolute Gasteiger partial charge is 0.483 e. The van der Waals surface area contributed by atoms with Crippen LogP contribution in [0.1, 0.15) is 45.4 Å². The van der Waals surface area contributed by atoms with Crippen molar-refractivity contribution in [3.8, 4) is 5.75 Å². The molecule has 6 atom stereocenters. The van der Waals surface area contributed by atoms with Gasteiger partial charge in [0.2, 0.25) is 5.91 Å². The number of likely N-dealkylation sites (N-methyl/N-ethyl adjacent to an activating group) is 1. The van der Waals surface area contributed by atoms with E-state index in [4.69, 9.17) is 31.3 Å². The Hall–Kier alpha value is -4.74. The van der Waals surface area contributed by atoms with E-state index in [0.717, 1.165) is 0 Å². The lowest BCUT2D eigenvalue weighted by molar-refractivity contribution is -0.164. The van der Waals surface area contributed by atoms with Crippen molar-refractivity contribution in [2.75, 3.05) is 32.6 Å². The van der Waals surface area contributed by atoms with E-state index >= 15 is 0 Å². The molecule has 2 fully saturated rings. The number of nitrogens with zero attached hydrogens (tertiary/aromatic N) is 8. The van der Waals surface area contributed by atoms with Gasteiger partial charge in [-0.05, 0) is 64.4 Å². The Kier molecular flexibility index (Phi) is 11.3. The highest BCUT2D eigenvalue weighted by atomic mass is 35.5. The van der Waals surface area contributed by atoms with Crippen molar-refractivity contribution in [3.63, 3.8) is 0 Å². The SMILES string of the molecule is CNC(=O)[C@H]1O[C@@H](n2cnc3c(NCc4cc(Cl)ccc4OCC(=O)N4CCC(C(=O)OC(C)(C)C)CC4NC)ncnc32)[C@H](O)[C@@H]1N=[N+]=[N-]. The van der Waals surface area contributed by atoms with E-state index in [1.165, 1.54) is 24.3 Å². The van der Waals surface area contributed by atoms with Crippen LogP contribution < -0.4 is 20.7 Å². The number of aliphatic hydroxyl groups is 1. The van der Waals surface area contributed by atoms with Crippen molar-refractivity contribution in [1.29, 1.82) is 0 Å². The number of halogens is 1. The first-order valence-corrected chi connectivity index (χ1v) is 16.3. The number of benzene rings is 1. The Balaban J connectivity index is 1.26. The molecule has 0 spiro atoms. The molecule has 4 N–H and O–H groups in total. The second-order valence-electron chi connectivity index (χ2n) is 12.8. The second-order valence-corrected chi connectivity index (χ2v) is 13.3. The number of aliphatic hydroxyl groups excluding tert-OH is 1. The predicted octanol–water partition coefficient (Wildman–Crippen LogP) is 2.28. The van der Waals surface area contributed by atoms with Gasteiger partial charge in [-0.2, -0.15) is 0 Å². The fourth-order valence-electron chi connectivity index (χ4n) is 5.97. The number of esters is 1. The van der Waals surface area contributed by atoms with Crippen LogP contribution in [0.5, 0.6) is 5.75 Å². The lowest BCUT2D eigenvalue weighted by Crippen LogP contribution is -2.54. The fraction of sp³-hybridized carbons (Fsp3) is 0.548. The first-order valence-electron chi connectivity index (χ1n) is 16.0. The zero-order valence-corrected chi connectivity index (χ0v) is 29.0. The number of carbonyl (C=O) groups is 3. The Morgan fingerprint density at radius 1 is 1.22 bits per heavy atom. The summed E-state index contributed by atoms with van der Waals surface area (Å²) < 4.78 is 18.8. The monoisotopic (exact) mass is 713 g/mol. The third kappa shape index (κ3) is 8.00. The number of rotatable bonds is 11. The number of carbonyl (C=O) groups excluding carboxylic acids is 3. The summed E-state index contributed by atoms with van der Waals surface area (Å²) in [6.07, 6.45) is -0.510. The van der Waals surface area contributed by atoms with Crippen molar-refractivity contribution >= 4 is 46.4 Å². The molecule has 2 aliphatic rings. The molecule has 3 aromatic rings. The Bertz CT molecular complexity index is 1780. The van der Waals surface area contributed by atoms with E-state index in [-0.39, 0.29) is 42.8 Å². The number of anilines is 1. The zero-order valence-electron chi connectivity index (χ0n) is 28.2. The van der Waals surface area contributed by atoms with Crippen LogP contribution in [0.3, 0.4) is 0 Å². The van der Waals surface area contributed by atoms with Gasteiger partial charge >= 0.3 is 5.97 Å². The summed E-state index contributed by atoms with van der Waals surface area (Å²) in [5.74, 6) is -0.650. The number of aromatic nitrogens is 4. The predicted molar refractivity (Wildman–Crippen MR) is 180 cm³/mol. The van der Waals surface area contributed by atoms with Crippen molar-refractivity contribution < 1.29 is 33.7 Å². The minimum Gasteiger partial charge on any atom is -0.483 e. The summed E-state index contributed by atoms with van der Waals surface area (Å²) in [5.41, 5.74) is 9.64. The molecule has 2 unspecified atom stereocenters. The van der Waals surface area contributed by atoms with E-state index < -0.39 is 36.0 Å². The number of azide groups is 1. The molecule has 2 amide bonds. The minimum absolute atomic E-state index is 0.170. The zero-order chi connectivity index (χ0) is 36.2. The molecule has 0 bridgehead atoms. The summed E-state index contributed by atoms with van der Waals surface area (Å²) in [6.45, 7) is 5.77. The maximum Gasteiger partial charge on any atom is 0.309 e. The van der Waals surface area contributed by atoms with E-state index in [9.17, 15) is 19.5 Å². The van der Waals surface area contributed by atoms with Gasteiger partial charge < -0.3 is 40.2 Å². The molecule has 0 saturated carbocycles. The molecule has 19 heteroatoms. The maximum absolute atomic E-state index is 13.3. The van der Waals surface area contributed by atoms with Crippen LogP contribution in [0.4, 0.5) is 5.82 Å². The summed E-state index contributed by atoms with van der Waals surface area (Å²) in [6, 6.07) is 3.85. The summed E-state index contributed by atoms with van der Waals surface area (Å²) >= 11 is 6.32. The number of amides is 2. The molecular formula is C31H40ClN11O7. The number of likely N-dealkylation sites (tertiary alicyclic amines) is 1. The van der Waals surface area contributed by atoms with Crippen molar-refractivity contribution in [2.24, 2.45) is 11.0 Å². The average Bonchev–Trinajstić information content (AvgIpc) is 3.66. The highest BCUT2D eigenvalue weighted by Gasteiger charge is 2.48. The molecule has 2 aliphatic heterocycles. The number of nitrogens with one attached hydrogen (secondary N) is 3. The van der Waals surface area contributed by atoms with Crippen LogP contribution in [-0.4, -0.2) is 105 Å². The maximum atomic E-state index is 13.3. The summed E-state index contributed by atoms with van der Waals surface area (Å²) in [5, 5.41) is 23.7. The van der Waals surface area contributed by atoms with Gasteiger partial charge in [-0.1, -0.05) is 16.7 Å². The number of fused-ring (bicyclic) bond motifs is 1. The third-order valence-electron chi connectivity index (χ3n) is 8.38. The fourth-order valence-corrected chi connectivity index (χ4v) is 6.16. The Labute approximate surface area is 292 Å². The van der Waals surface area contributed by atoms with Crippen molar-refractivity contribution in [1.82, 2.24) is 35.1 Å². The normalized spacial score (nSPS) is 23.6. The van der Waals surface area contributed by atoms with Gasteiger partial charge in [0.25, 0.3) is 5.91 Å². The van der Waals surface area contributed by atoms with Gasteiger partial charge in [0, 0.05) is 35.6 Å². The highest BCUT2D eigenvalue weighted by molar-refractivity contribution is 6.30. The van der Waals surface area contributed by atoms with E-state index in [1.807, 2.05) is 20.8 Å². The average molecular weight is 714 g/mol. The van der Waals surface area contributed by atoms with Crippen LogP contribution in [0, 0.1) is 5.92 Å². The van der Waals surface area contributed by atoms with Crippen LogP contribution in [0.25, 0.3) is 21.6 Å². The van der Waals surface area contributed by atoms with E-state index in [2.05, 4.69) is 40.9 Å². The van der Waals surface area contributed by atoms with Crippen LogP contribution in [0.15, 0.2) is 36.0 Å². The minimum atomic E-state index is -1.37. The Morgan fingerprint density at radius 3 is 2.70 bits per heavy atom. The number of hydrogen-bond acceptors (Lipinski definition) is 13. The highest BCUT2D eigenvalue weighted by Crippen LogP contribution is 2.34. The molecular weight excluding hydrogens is 674 g/mol. The number of piperidine rings is 1. The Morgan fingerprint density at radius 2 is 2.00 bits per heavy atom. The van der Waals surface area contributed by atoms with Crippen LogP contribution in [0.2, 0.25) is 5.02 Å².